The molecule has 0 bridgehead atoms. The lowest BCUT2D eigenvalue weighted by molar-refractivity contribution is -0.128. The van der Waals surface area contributed by atoms with E-state index >= 15 is 0 Å². The third-order valence-electron chi connectivity index (χ3n) is 3.28. The lowest BCUT2D eigenvalue weighted by Crippen LogP contribution is -2.57. The largest absolute Gasteiger partial charge is 0.354 e. The van der Waals surface area contributed by atoms with E-state index in [0.717, 1.165) is 32.4 Å². The average molecular weight is 263 g/mol. The highest BCUT2D eigenvalue weighted by molar-refractivity contribution is 5.86. The van der Waals surface area contributed by atoms with Gasteiger partial charge >= 0.3 is 0 Å². The maximum absolute atomic E-state index is 12.0. The van der Waals surface area contributed by atoms with Gasteiger partial charge in [-0.15, -0.1) is 12.4 Å². The number of carbonyl (C=O) groups is 1. The Morgan fingerprint density at radius 3 is 2.47 bits per heavy atom. The summed E-state index contributed by atoms with van der Waals surface area (Å²) in [5.74, 6) is 0.163. The molecule has 1 rings (SSSR count). The van der Waals surface area contributed by atoms with Crippen molar-refractivity contribution in [2.45, 2.75) is 58.9 Å². The Balaban J connectivity index is 0.00000256. The van der Waals surface area contributed by atoms with E-state index in [2.05, 4.69) is 31.4 Å². The summed E-state index contributed by atoms with van der Waals surface area (Å²) in [6.07, 6.45) is 4.31. The summed E-state index contributed by atoms with van der Waals surface area (Å²) in [5, 5.41) is 6.38. The van der Waals surface area contributed by atoms with E-state index in [9.17, 15) is 4.79 Å². The van der Waals surface area contributed by atoms with Gasteiger partial charge in [-0.3, -0.25) is 4.79 Å². The van der Waals surface area contributed by atoms with Crippen molar-refractivity contribution < 1.29 is 4.79 Å². The second kappa shape index (κ2) is 6.60. The first-order valence-corrected chi connectivity index (χ1v) is 6.37. The van der Waals surface area contributed by atoms with E-state index in [0.29, 0.717) is 0 Å². The Bertz CT molecular complexity index is 242. The van der Waals surface area contributed by atoms with E-state index in [1.54, 1.807) is 0 Å². The van der Waals surface area contributed by atoms with Crippen LogP contribution < -0.4 is 10.6 Å². The van der Waals surface area contributed by atoms with E-state index in [1.807, 2.05) is 6.92 Å². The van der Waals surface area contributed by atoms with Crippen molar-refractivity contribution in [3.8, 4) is 0 Å². The molecule has 1 aliphatic heterocycles. The van der Waals surface area contributed by atoms with E-state index in [4.69, 9.17) is 0 Å². The van der Waals surface area contributed by atoms with Crippen LogP contribution in [0.25, 0.3) is 0 Å². The van der Waals surface area contributed by atoms with Gasteiger partial charge in [0.15, 0.2) is 0 Å². The summed E-state index contributed by atoms with van der Waals surface area (Å²) in [6.45, 7) is 10.3. The molecular weight excluding hydrogens is 236 g/mol. The second-order valence-electron chi connectivity index (χ2n) is 6.28. The number of halogens is 1. The van der Waals surface area contributed by atoms with Crippen LogP contribution in [0.2, 0.25) is 0 Å². The molecule has 1 unspecified atom stereocenters. The van der Waals surface area contributed by atoms with Crippen LogP contribution in [0.4, 0.5) is 0 Å². The molecule has 4 heteroatoms. The zero-order valence-electron chi connectivity index (χ0n) is 11.6. The fraction of sp³-hybridized carbons (Fsp3) is 0.923. The number of hydrogen-bond donors (Lipinski definition) is 2. The van der Waals surface area contributed by atoms with Crippen molar-refractivity contribution in [2.75, 3.05) is 13.1 Å². The molecule has 0 aliphatic carbocycles. The van der Waals surface area contributed by atoms with Crippen molar-refractivity contribution in [1.29, 1.82) is 0 Å². The highest BCUT2D eigenvalue weighted by Gasteiger charge is 2.33. The van der Waals surface area contributed by atoms with Gasteiger partial charge in [0.1, 0.15) is 0 Å². The molecule has 0 saturated carbocycles. The van der Waals surface area contributed by atoms with Crippen molar-refractivity contribution in [3.05, 3.63) is 0 Å². The molecule has 3 nitrogen and oxygen atoms in total. The monoisotopic (exact) mass is 262 g/mol. The third kappa shape index (κ3) is 5.73. The molecule has 1 aliphatic rings. The summed E-state index contributed by atoms with van der Waals surface area (Å²) in [6, 6.07) is 0. The molecule has 0 spiro atoms. The molecule has 0 aromatic heterocycles. The van der Waals surface area contributed by atoms with Crippen LogP contribution in [-0.4, -0.2) is 24.5 Å². The molecule has 1 fully saturated rings. The predicted molar refractivity (Wildman–Crippen MR) is 74.6 cm³/mol. The van der Waals surface area contributed by atoms with Crippen LogP contribution in [0.1, 0.15) is 53.4 Å². The summed E-state index contributed by atoms with van der Waals surface area (Å²) in [4.78, 5) is 12.0. The Morgan fingerprint density at radius 2 is 2.00 bits per heavy atom. The predicted octanol–water partition coefficient (Wildman–Crippen LogP) is 2.49. The molecule has 0 aromatic carbocycles. The normalized spacial score (nSPS) is 24.9. The van der Waals surface area contributed by atoms with Crippen LogP contribution in [0.5, 0.6) is 0 Å². The molecule has 1 amide bonds. The number of rotatable bonds is 3. The second-order valence-corrected chi connectivity index (χ2v) is 6.28. The summed E-state index contributed by atoms with van der Waals surface area (Å²) in [5.41, 5.74) is -0.0513. The molecule has 1 heterocycles. The van der Waals surface area contributed by atoms with Gasteiger partial charge in [0.2, 0.25) is 5.91 Å². The minimum absolute atomic E-state index is 0. The van der Waals surface area contributed by atoms with Crippen molar-refractivity contribution >= 4 is 18.3 Å². The first-order chi connectivity index (χ1) is 7.33. The Hall–Kier alpha value is -0.280. The standard InChI is InChI=1S/C13H26N2O.ClH/c1-12(2,3)8-10-14-11(16)13(4)7-5-6-9-15-13;/h15H,5-10H2,1-4H3,(H,14,16);1H. The number of carbonyl (C=O) groups excluding carboxylic acids is 1. The van der Waals surface area contributed by atoms with Crippen LogP contribution in [0.3, 0.4) is 0 Å². The molecule has 0 radical (unpaired) electrons. The number of amides is 1. The Labute approximate surface area is 112 Å². The molecule has 2 N–H and O–H groups in total. The number of nitrogens with one attached hydrogen (secondary N) is 2. The van der Waals surface area contributed by atoms with Gasteiger partial charge in [-0.25, -0.2) is 0 Å². The average Bonchev–Trinajstić information content (AvgIpc) is 2.16. The lowest BCUT2D eigenvalue weighted by Gasteiger charge is -2.33. The SMILES string of the molecule is CC(C)(C)CCNC(=O)C1(C)CCCCN1.Cl. The van der Waals surface area contributed by atoms with Gasteiger partial charge in [0, 0.05) is 6.54 Å². The Kier molecular flexibility index (Phi) is 6.49. The van der Waals surface area contributed by atoms with E-state index in [-0.39, 0.29) is 29.3 Å². The zero-order chi connectivity index (χ0) is 12.2. The zero-order valence-corrected chi connectivity index (χ0v) is 12.4. The van der Waals surface area contributed by atoms with Gasteiger partial charge in [-0.2, -0.15) is 0 Å². The smallest absolute Gasteiger partial charge is 0.240 e. The van der Waals surface area contributed by atoms with Crippen LogP contribution in [0.15, 0.2) is 0 Å². The third-order valence-corrected chi connectivity index (χ3v) is 3.28. The molecule has 1 atom stereocenters. The maximum atomic E-state index is 12.0. The molecule has 0 aromatic rings. The first kappa shape index (κ1) is 16.7. The molecular formula is C13H27ClN2O. The molecule has 102 valence electrons. The van der Waals surface area contributed by atoms with Gasteiger partial charge < -0.3 is 10.6 Å². The summed E-state index contributed by atoms with van der Waals surface area (Å²) >= 11 is 0. The first-order valence-electron chi connectivity index (χ1n) is 6.37. The van der Waals surface area contributed by atoms with Gasteiger partial charge in [-0.1, -0.05) is 20.8 Å². The van der Waals surface area contributed by atoms with E-state index < -0.39 is 0 Å². The summed E-state index contributed by atoms with van der Waals surface area (Å²) in [7, 11) is 0. The highest BCUT2D eigenvalue weighted by atomic mass is 35.5. The highest BCUT2D eigenvalue weighted by Crippen LogP contribution is 2.20. The summed E-state index contributed by atoms with van der Waals surface area (Å²) < 4.78 is 0. The van der Waals surface area contributed by atoms with Gasteiger partial charge in [-0.05, 0) is 44.6 Å². The Morgan fingerprint density at radius 1 is 1.35 bits per heavy atom. The van der Waals surface area contributed by atoms with Crippen molar-refractivity contribution in [1.82, 2.24) is 10.6 Å². The van der Waals surface area contributed by atoms with Crippen molar-refractivity contribution in [2.24, 2.45) is 5.41 Å². The minimum atomic E-state index is -0.337. The van der Waals surface area contributed by atoms with Gasteiger partial charge in [0.25, 0.3) is 0 Å². The number of piperidine rings is 1. The number of hydrogen-bond acceptors (Lipinski definition) is 2. The molecule has 17 heavy (non-hydrogen) atoms. The fourth-order valence-electron chi connectivity index (χ4n) is 2.00. The topological polar surface area (TPSA) is 41.1 Å². The molecule has 1 saturated heterocycles. The van der Waals surface area contributed by atoms with Crippen LogP contribution in [0, 0.1) is 5.41 Å². The van der Waals surface area contributed by atoms with E-state index in [1.165, 1.54) is 6.42 Å². The van der Waals surface area contributed by atoms with Crippen LogP contribution >= 0.6 is 12.4 Å². The lowest BCUT2D eigenvalue weighted by atomic mass is 9.89. The minimum Gasteiger partial charge on any atom is -0.354 e. The fourth-order valence-corrected chi connectivity index (χ4v) is 2.00. The van der Waals surface area contributed by atoms with Crippen LogP contribution in [-0.2, 0) is 4.79 Å². The van der Waals surface area contributed by atoms with Crippen molar-refractivity contribution in [3.63, 3.8) is 0 Å². The van der Waals surface area contributed by atoms with Gasteiger partial charge in [0.05, 0.1) is 5.54 Å². The maximum Gasteiger partial charge on any atom is 0.240 e. The quantitative estimate of drug-likeness (QED) is 0.821.